The zero-order chi connectivity index (χ0) is 13.1. The zero-order valence-electron chi connectivity index (χ0n) is 11.7. The first-order valence-electron chi connectivity index (χ1n) is 7.04. The first kappa shape index (κ1) is 13.9. The molecular formula is C16H24ClN. The molecule has 3 unspecified atom stereocenters. The third-order valence-electron chi connectivity index (χ3n) is 4.29. The Kier molecular flexibility index (Phi) is 4.69. The molecule has 100 valence electrons. The van der Waals surface area contributed by atoms with E-state index in [2.05, 4.69) is 32.2 Å². The Morgan fingerprint density at radius 3 is 2.72 bits per heavy atom. The molecule has 1 nitrogen and oxygen atoms in total. The van der Waals surface area contributed by atoms with E-state index >= 15 is 0 Å². The van der Waals surface area contributed by atoms with Crippen molar-refractivity contribution in [3.8, 4) is 0 Å². The molecule has 0 radical (unpaired) electrons. The highest BCUT2D eigenvalue weighted by atomic mass is 35.5. The lowest BCUT2D eigenvalue weighted by atomic mass is 9.80. The Labute approximate surface area is 116 Å². The monoisotopic (exact) mass is 265 g/mol. The average Bonchev–Trinajstić information content (AvgIpc) is 2.30. The van der Waals surface area contributed by atoms with Gasteiger partial charge in [0.15, 0.2) is 0 Å². The van der Waals surface area contributed by atoms with Crippen LogP contribution in [0.4, 0.5) is 0 Å². The second-order valence-corrected chi connectivity index (χ2v) is 6.39. The molecule has 1 saturated carbocycles. The van der Waals surface area contributed by atoms with Gasteiger partial charge in [0.1, 0.15) is 0 Å². The van der Waals surface area contributed by atoms with Crippen LogP contribution in [0.1, 0.15) is 44.2 Å². The lowest BCUT2D eigenvalue weighted by Gasteiger charge is -2.33. The van der Waals surface area contributed by atoms with E-state index in [4.69, 9.17) is 11.6 Å². The van der Waals surface area contributed by atoms with Crippen LogP contribution >= 0.6 is 11.6 Å². The molecule has 1 fully saturated rings. The van der Waals surface area contributed by atoms with Gasteiger partial charge in [-0.15, -0.1) is 0 Å². The minimum Gasteiger partial charge on any atom is -0.310 e. The van der Waals surface area contributed by atoms with E-state index in [-0.39, 0.29) is 0 Å². The van der Waals surface area contributed by atoms with Crippen LogP contribution in [0.25, 0.3) is 0 Å². The summed E-state index contributed by atoms with van der Waals surface area (Å²) in [4.78, 5) is 0. The van der Waals surface area contributed by atoms with Crippen LogP contribution in [-0.2, 0) is 6.54 Å². The molecule has 2 rings (SSSR count). The molecule has 2 heteroatoms. The van der Waals surface area contributed by atoms with Gasteiger partial charge in [-0.05, 0) is 61.3 Å². The van der Waals surface area contributed by atoms with Crippen LogP contribution in [0.3, 0.4) is 0 Å². The number of benzene rings is 1. The van der Waals surface area contributed by atoms with Gasteiger partial charge in [0.2, 0.25) is 0 Å². The summed E-state index contributed by atoms with van der Waals surface area (Å²) in [5.74, 6) is 1.69. The summed E-state index contributed by atoms with van der Waals surface area (Å²) in [6.45, 7) is 7.85. The van der Waals surface area contributed by atoms with Crippen molar-refractivity contribution in [3.63, 3.8) is 0 Å². The molecule has 1 aromatic carbocycles. The van der Waals surface area contributed by atoms with E-state index in [1.54, 1.807) is 0 Å². The third kappa shape index (κ3) is 3.49. The normalized spacial score (nSPS) is 28.3. The second kappa shape index (κ2) is 6.08. The highest BCUT2D eigenvalue weighted by Gasteiger charge is 2.24. The van der Waals surface area contributed by atoms with Crippen molar-refractivity contribution in [2.75, 3.05) is 0 Å². The molecule has 1 aromatic rings. The molecule has 1 N–H and O–H groups in total. The van der Waals surface area contributed by atoms with Gasteiger partial charge in [-0.3, -0.25) is 0 Å². The highest BCUT2D eigenvalue weighted by Crippen LogP contribution is 2.29. The Balaban J connectivity index is 1.91. The number of nitrogens with one attached hydrogen (secondary N) is 1. The average molecular weight is 266 g/mol. The largest absolute Gasteiger partial charge is 0.310 e. The van der Waals surface area contributed by atoms with Gasteiger partial charge in [0, 0.05) is 17.6 Å². The van der Waals surface area contributed by atoms with Crippen molar-refractivity contribution in [1.82, 2.24) is 5.32 Å². The maximum atomic E-state index is 5.98. The molecule has 0 heterocycles. The first-order chi connectivity index (χ1) is 8.56. The fourth-order valence-electron chi connectivity index (χ4n) is 3.07. The number of hydrogen-bond acceptors (Lipinski definition) is 1. The molecule has 0 saturated heterocycles. The van der Waals surface area contributed by atoms with E-state index in [0.717, 1.165) is 23.4 Å². The third-order valence-corrected chi connectivity index (χ3v) is 4.53. The van der Waals surface area contributed by atoms with Crippen molar-refractivity contribution in [3.05, 3.63) is 34.3 Å². The maximum Gasteiger partial charge on any atom is 0.0408 e. The van der Waals surface area contributed by atoms with Crippen molar-refractivity contribution >= 4 is 11.6 Å². The van der Waals surface area contributed by atoms with Crippen molar-refractivity contribution < 1.29 is 0 Å². The van der Waals surface area contributed by atoms with E-state index in [9.17, 15) is 0 Å². The van der Waals surface area contributed by atoms with E-state index in [0.29, 0.717) is 6.04 Å². The Hall–Kier alpha value is -0.530. The van der Waals surface area contributed by atoms with Gasteiger partial charge in [-0.1, -0.05) is 31.5 Å². The van der Waals surface area contributed by atoms with E-state index in [1.165, 1.54) is 30.4 Å². The van der Waals surface area contributed by atoms with Crippen LogP contribution < -0.4 is 5.32 Å². The predicted octanol–water partition coefficient (Wildman–Crippen LogP) is 4.56. The Morgan fingerprint density at radius 2 is 2.06 bits per heavy atom. The molecule has 18 heavy (non-hydrogen) atoms. The van der Waals surface area contributed by atoms with Gasteiger partial charge >= 0.3 is 0 Å². The summed E-state index contributed by atoms with van der Waals surface area (Å²) < 4.78 is 0. The summed E-state index contributed by atoms with van der Waals surface area (Å²) in [5.41, 5.74) is 2.65. The van der Waals surface area contributed by atoms with Crippen LogP contribution in [0.2, 0.25) is 5.02 Å². The molecule has 3 atom stereocenters. The molecule has 0 aliphatic heterocycles. The Bertz CT molecular complexity index is 402. The second-order valence-electron chi connectivity index (χ2n) is 5.95. The number of halogens is 1. The van der Waals surface area contributed by atoms with Crippen LogP contribution in [-0.4, -0.2) is 6.04 Å². The molecule has 0 bridgehead atoms. The molecule has 0 aromatic heterocycles. The topological polar surface area (TPSA) is 12.0 Å². The van der Waals surface area contributed by atoms with E-state index in [1.807, 2.05) is 12.1 Å². The molecule has 0 spiro atoms. The minimum absolute atomic E-state index is 0.677. The van der Waals surface area contributed by atoms with Gasteiger partial charge in [0.05, 0.1) is 0 Å². The fourth-order valence-corrected chi connectivity index (χ4v) is 3.29. The number of hydrogen-bond donors (Lipinski definition) is 1. The Morgan fingerprint density at radius 1 is 1.28 bits per heavy atom. The van der Waals surface area contributed by atoms with Crippen LogP contribution in [0.5, 0.6) is 0 Å². The van der Waals surface area contributed by atoms with Crippen LogP contribution in [0.15, 0.2) is 18.2 Å². The van der Waals surface area contributed by atoms with Gasteiger partial charge < -0.3 is 5.32 Å². The summed E-state index contributed by atoms with van der Waals surface area (Å²) in [5, 5.41) is 4.56. The quantitative estimate of drug-likeness (QED) is 0.845. The maximum absolute atomic E-state index is 5.98. The summed E-state index contributed by atoms with van der Waals surface area (Å²) in [6.07, 6.45) is 4.04. The molecule has 1 aliphatic carbocycles. The fraction of sp³-hybridized carbons (Fsp3) is 0.625. The van der Waals surface area contributed by atoms with Crippen LogP contribution in [0, 0.1) is 18.8 Å². The molecular weight excluding hydrogens is 242 g/mol. The SMILES string of the molecule is Cc1cc(Cl)ccc1CNC1CCC(C)CC1C. The number of aryl methyl sites for hydroxylation is 1. The van der Waals surface area contributed by atoms with Crippen molar-refractivity contribution in [1.29, 1.82) is 0 Å². The van der Waals surface area contributed by atoms with Gasteiger partial charge in [-0.2, -0.15) is 0 Å². The lowest BCUT2D eigenvalue weighted by molar-refractivity contribution is 0.227. The number of rotatable bonds is 3. The van der Waals surface area contributed by atoms with Crippen molar-refractivity contribution in [2.24, 2.45) is 11.8 Å². The smallest absolute Gasteiger partial charge is 0.0408 e. The highest BCUT2D eigenvalue weighted by molar-refractivity contribution is 6.30. The van der Waals surface area contributed by atoms with Gasteiger partial charge in [0.25, 0.3) is 0 Å². The lowest BCUT2D eigenvalue weighted by Crippen LogP contribution is -2.38. The standard InChI is InChI=1S/C16H24ClN/c1-11-4-7-16(13(3)8-11)18-10-14-5-6-15(17)9-12(14)2/h5-6,9,11,13,16,18H,4,7-8,10H2,1-3H3. The molecule has 0 amide bonds. The summed E-state index contributed by atoms with van der Waals surface area (Å²) in [7, 11) is 0. The first-order valence-corrected chi connectivity index (χ1v) is 7.42. The van der Waals surface area contributed by atoms with Gasteiger partial charge in [-0.25, -0.2) is 0 Å². The van der Waals surface area contributed by atoms with E-state index < -0.39 is 0 Å². The zero-order valence-corrected chi connectivity index (χ0v) is 12.4. The minimum atomic E-state index is 0.677. The summed E-state index contributed by atoms with van der Waals surface area (Å²) in [6, 6.07) is 6.85. The molecule has 1 aliphatic rings. The summed E-state index contributed by atoms with van der Waals surface area (Å²) >= 11 is 5.98. The predicted molar refractivity (Wildman–Crippen MR) is 79.0 cm³/mol. The van der Waals surface area contributed by atoms with Crippen molar-refractivity contribution in [2.45, 2.75) is 52.6 Å².